The highest BCUT2D eigenvalue weighted by Crippen LogP contribution is 2.14. The molecule has 2 heteroatoms. The zero-order valence-electron chi connectivity index (χ0n) is 14.9. The Labute approximate surface area is 156 Å². The van der Waals surface area contributed by atoms with Gasteiger partial charge in [0.1, 0.15) is 11.5 Å². The fourth-order valence-corrected chi connectivity index (χ4v) is 1.87. The van der Waals surface area contributed by atoms with Crippen molar-refractivity contribution in [3.05, 3.63) is 115 Å². The first-order chi connectivity index (χ1) is 12.7. The maximum absolute atomic E-state index is 8.65. The summed E-state index contributed by atoms with van der Waals surface area (Å²) in [7, 11) is 0. The summed E-state index contributed by atoms with van der Waals surface area (Å²) in [5, 5.41) is 17.3. The molecule has 0 atom stereocenters. The monoisotopic (exact) mass is 346 g/mol. The van der Waals surface area contributed by atoms with Crippen LogP contribution >= 0.6 is 0 Å². The van der Waals surface area contributed by atoms with Crippen molar-refractivity contribution in [2.75, 3.05) is 0 Å². The van der Waals surface area contributed by atoms with Crippen LogP contribution in [0.5, 0.6) is 11.5 Å². The van der Waals surface area contributed by atoms with Crippen LogP contribution in [0.2, 0.25) is 0 Å². The number of benzene rings is 2. The molecule has 2 aromatic carbocycles. The molecule has 0 amide bonds. The third kappa shape index (κ3) is 11.3. The summed E-state index contributed by atoms with van der Waals surface area (Å²) in [6, 6.07) is 15.9. The molecule has 134 valence electrons. The van der Waals surface area contributed by atoms with Gasteiger partial charge in [-0.15, -0.1) is 0 Å². The van der Waals surface area contributed by atoms with Gasteiger partial charge in [0, 0.05) is 6.07 Å². The van der Waals surface area contributed by atoms with E-state index in [2.05, 4.69) is 55.2 Å². The quantitative estimate of drug-likeness (QED) is 0.624. The molecule has 0 radical (unpaired) electrons. The van der Waals surface area contributed by atoms with Crippen LogP contribution in [0.25, 0.3) is 6.08 Å². The third-order valence-corrected chi connectivity index (χ3v) is 3.18. The van der Waals surface area contributed by atoms with Gasteiger partial charge in [-0.1, -0.05) is 97.7 Å². The van der Waals surface area contributed by atoms with E-state index in [1.54, 1.807) is 6.07 Å². The average molecular weight is 346 g/mol. The fraction of sp³-hybridized carbons (Fsp3) is 0.0833. The van der Waals surface area contributed by atoms with Gasteiger partial charge in [0.05, 0.1) is 0 Å². The Morgan fingerprint density at radius 1 is 0.654 bits per heavy atom. The van der Waals surface area contributed by atoms with Crippen molar-refractivity contribution in [2.24, 2.45) is 0 Å². The van der Waals surface area contributed by atoms with Gasteiger partial charge in [0.2, 0.25) is 0 Å². The molecular weight excluding hydrogens is 320 g/mol. The van der Waals surface area contributed by atoms with Crippen LogP contribution in [-0.2, 0) is 0 Å². The molecular formula is C24H26O2. The Morgan fingerprint density at radius 3 is 1.35 bits per heavy atom. The van der Waals surface area contributed by atoms with Crippen LogP contribution in [0, 0.1) is 0 Å². The van der Waals surface area contributed by atoms with Crippen molar-refractivity contribution in [1.82, 2.24) is 0 Å². The highest BCUT2D eigenvalue weighted by atomic mass is 16.3. The maximum atomic E-state index is 8.65. The molecule has 0 spiro atoms. The summed E-state index contributed by atoms with van der Waals surface area (Å²) in [5.74, 6) is 0.176. The van der Waals surface area contributed by atoms with Crippen molar-refractivity contribution in [2.45, 2.75) is 12.8 Å². The van der Waals surface area contributed by atoms with Crippen molar-refractivity contribution in [3.8, 4) is 11.5 Å². The Hall–Kier alpha value is -3.26. The maximum Gasteiger partial charge on any atom is 0.119 e. The number of rotatable bonds is 1. The fourth-order valence-electron chi connectivity index (χ4n) is 1.87. The van der Waals surface area contributed by atoms with Crippen molar-refractivity contribution in [3.63, 3.8) is 0 Å². The second-order valence-corrected chi connectivity index (χ2v) is 5.32. The Bertz CT molecular complexity index is 679. The minimum atomic E-state index is 0.0880. The minimum absolute atomic E-state index is 0.0880. The first kappa shape index (κ1) is 20.8. The van der Waals surface area contributed by atoms with Crippen LogP contribution in [0.3, 0.4) is 0 Å². The van der Waals surface area contributed by atoms with Crippen LogP contribution in [-0.4, -0.2) is 10.2 Å². The minimum Gasteiger partial charge on any atom is -0.508 e. The first-order valence-corrected chi connectivity index (χ1v) is 8.51. The zero-order valence-corrected chi connectivity index (χ0v) is 14.9. The van der Waals surface area contributed by atoms with Gasteiger partial charge in [-0.2, -0.15) is 0 Å². The molecule has 0 saturated heterocycles. The van der Waals surface area contributed by atoms with Gasteiger partial charge in [0.15, 0.2) is 0 Å². The van der Waals surface area contributed by atoms with E-state index in [1.165, 1.54) is 23.8 Å². The van der Waals surface area contributed by atoms with Gasteiger partial charge >= 0.3 is 0 Å². The number of hydrogen-bond acceptors (Lipinski definition) is 2. The molecule has 0 heterocycles. The number of aromatic hydroxyl groups is 2. The van der Waals surface area contributed by atoms with Crippen molar-refractivity contribution >= 4 is 6.08 Å². The number of hydrogen-bond donors (Lipinski definition) is 2. The molecule has 2 N–H and O–H groups in total. The molecule has 0 bridgehead atoms. The number of allylic oxidation sites excluding steroid dienone is 8. The topological polar surface area (TPSA) is 40.5 Å². The smallest absolute Gasteiger partial charge is 0.119 e. The molecule has 2 nitrogen and oxygen atoms in total. The van der Waals surface area contributed by atoms with Crippen molar-refractivity contribution < 1.29 is 10.2 Å². The van der Waals surface area contributed by atoms with E-state index < -0.39 is 0 Å². The predicted octanol–water partition coefficient (Wildman–Crippen LogP) is 6.43. The molecule has 2 aliphatic rings. The van der Waals surface area contributed by atoms with E-state index in [0.29, 0.717) is 0 Å². The molecule has 0 fully saturated rings. The first-order valence-electron chi connectivity index (χ1n) is 8.51. The molecule has 0 unspecified atom stereocenters. The largest absolute Gasteiger partial charge is 0.508 e. The van der Waals surface area contributed by atoms with E-state index in [4.69, 9.17) is 10.2 Å². The lowest BCUT2D eigenvalue weighted by Gasteiger charge is -1.89. The summed E-state index contributed by atoms with van der Waals surface area (Å²) in [5.41, 5.74) is 1.17. The van der Waals surface area contributed by atoms with Gasteiger partial charge in [-0.25, -0.2) is 0 Å². The van der Waals surface area contributed by atoms with E-state index >= 15 is 0 Å². The Morgan fingerprint density at radius 2 is 1.12 bits per heavy atom. The van der Waals surface area contributed by atoms with Gasteiger partial charge in [-0.05, 0) is 30.5 Å². The Balaban J connectivity index is 0.000000177. The lowest BCUT2D eigenvalue weighted by Crippen LogP contribution is -1.63. The number of phenolic OH excluding ortho intramolecular Hbond substituents is 2. The summed E-state index contributed by atoms with van der Waals surface area (Å²) < 4.78 is 0. The normalized spacial score (nSPS) is 12.2. The highest BCUT2D eigenvalue weighted by Gasteiger charge is 1.85. The zero-order chi connectivity index (χ0) is 18.9. The summed E-state index contributed by atoms with van der Waals surface area (Å²) in [6.45, 7) is 3.63. The van der Waals surface area contributed by atoms with Crippen LogP contribution in [0.15, 0.2) is 110 Å². The van der Waals surface area contributed by atoms with Gasteiger partial charge in [-0.3, -0.25) is 0 Å². The molecule has 26 heavy (non-hydrogen) atoms. The molecule has 0 aliphatic heterocycles. The second kappa shape index (κ2) is 14.1. The molecule has 0 saturated carbocycles. The second-order valence-electron chi connectivity index (χ2n) is 5.32. The number of phenols is 2. The summed E-state index contributed by atoms with van der Waals surface area (Å²) in [6.07, 6.45) is 20.8. The summed E-state index contributed by atoms with van der Waals surface area (Å²) >= 11 is 0. The molecule has 2 aliphatic carbocycles. The van der Waals surface area contributed by atoms with Gasteiger partial charge < -0.3 is 10.2 Å². The Kier molecular flexibility index (Phi) is 11.3. The van der Waals surface area contributed by atoms with Crippen LogP contribution < -0.4 is 0 Å². The molecule has 2 aromatic rings. The standard InChI is InChI=1S/C8H8.C6H6O2.2C5H6/c1-2-8-6-4-3-5-7-8;7-5-2-1-3-6(8)4-5;2*1-2-4-5-3-1/h2-7H,1H2;1-4,7-8H;2*1-4H,5H2. The van der Waals surface area contributed by atoms with E-state index in [0.717, 1.165) is 12.8 Å². The lowest BCUT2D eigenvalue weighted by atomic mass is 10.2. The van der Waals surface area contributed by atoms with Gasteiger partial charge in [0.25, 0.3) is 0 Å². The molecule has 0 aromatic heterocycles. The molecule has 4 rings (SSSR count). The van der Waals surface area contributed by atoms with Crippen LogP contribution in [0.1, 0.15) is 18.4 Å². The van der Waals surface area contributed by atoms with E-state index in [9.17, 15) is 0 Å². The predicted molar refractivity (Wildman–Crippen MR) is 112 cm³/mol. The van der Waals surface area contributed by atoms with E-state index in [1.807, 2.05) is 36.4 Å². The SMILES string of the molecule is C1=CCC=C1.C1=CCC=C1.C=Cc1ccccc1.Oc1cccc(O)c1. The summed E-state index contributed by atoms with van der Waals surface area (Å²) in [4.78, 5) is 0. The third-order valence-electron chi connectivity index (χ3n) is 3.18. The van der Waals surface area contributed by atoms with E-state index in [-0.39, 0.29) is 11.5 Å². The highest BCUT2D eigenvalue weighted by molar-refractivity contribution is 5.45. The van der Waals surface area contributed by atoms with Crippen molar-refractivity contribution in [1.29, 1.82) is 0 Å². The van der Waals surface area contributed by atoms with Crippen LogP contribution in [0.4, 0.5) is 0 Å². The lowest BCUT2D eigenvalue weighted by molar-refractivity contribution is 0.450. The average Bonchev–Trinajstić information content (AvgIpc) is 3.41.